The molecule has 0 saturated carbocycles. The van der Waals surface area contributed by atoms with Crippen LogP contribution in [0.4, 0.5) is 0 Å². The maximum absolute atomic E-state index is 13.9. The lowest BCUT2D eigenvalue weighted by Gasteiger charge is -2.36. The number of fused-ring (bicyclic) bond motifs is 1. The van der Waals surface area contributed by atoms with E-state index >= 15 is 0 Å². The van der Waals surface area contributed by atoms with Gasteiger partial charge in [-0.25, -0.2) is 8.42 Å². The van der Waals surface area contributed by atoms with Crippen molar-refractivity contribution in [2.75, 3.05) is 39.8 Å². The fourth-order valence-corrected chi connectivity index (χ4v) is 7.46. The third kappa shape index (κ3) is 5.73. The van der Waals surface area contributed by atoms with Crippen LogP contribution >= 0.6 is 0 Å². The summed E-state index contributed by atoms with van der Waals surface area (Å²) in [4.78, 5) is 15.7. The monoisotopic (exact) mass is 502 g/mol. The van der Waals surface area contributed by atoms with Gasteiger partial charge in [0.25, 0.3) is 0 Å². The molecule has 3 heterocycles. The van der Waals surface area contributed by atoms with E-state index in [1.165, 1.54) is 23.6 Å². The Balaban J connectivity index is 1.49. The summed E-state index contributed by atoms with van der Waals surface area (Å²) in [6.45, 7) is 8.34. The van der Waals surface area contributed by atoms with Crippen LogP contribution in [0.2, 0.25) is 0 Å². The molecular weight excluding hydrogens is 464 g/mol. The van der Waals surface area contributed by atoms with Crippen LogP contribution in [0.5, 0.6) is 5.75 Å². The number of sulfonamides is 1. The molecule has 1 atom stereocenters. The molecule has 1 aromatic heterocycles. The number of methoxy groups -OCH3 is 1. The summed E-state index contributed by atoms with van der Waals surface area (Å²) < 4.78 is 36.7. The van der Waals surface area contributed by atoms with E-state index < -0.39 is 16.1 Å². The average molecular weight is 503 g/mol. The third-order valence-corrected chi connectivity index (χ3v) is 9.37. The molecule has 2 aliphatic heterocycles. The van der Waals surface area contributed by atoms with Crippen LogP contribution in [0.3, 0.4) is 0 Å². The van der Waals surface area contributed by atoms with Gasteiger partial charge >= 0.3 is 0 Å². The summed E-state index contributed by atoms with van der Waals surface area (Å²) in [5.74, 6) is 0.513. The number of hydrogen-bond acceptors (Lipinski definition) is 5. The van der Waals surface area contributed by atoms with Crippen LogP contribution in [0, 0.1) is 13.8 Å². The van der Waals surface area contributed by atoms with Gasteiger partial charge in [-0.05, 0) is 88.1 Å². The quantitative estimate of drug-likeness (QED) is 0.532. The van der Waals surface area contributed by atoms with Gasteiger partial charge in [0.1, 0.15) is 5.75 Å². The molecule has 0 aliphatic carbocycles. The highest BCUT2D eigenvalue weighted by atomic mass is 32.2. The summed E-state index contributed by atoms with van der Waals surface area (Å²) in [7, 11) is -2.25. The predicted molar refractivity (Wildman–Crippen MR) is 136 cm³/mol. The van der Waals surface area contributed by atoms with E-state index in [-0.39, 0.29) is 12.3 Å². The lowest BCUT2D eigenvalue weighted by Crippen LogP contribution is -2.44. The molecule has 4 rings (SSSR count). The molecule has 2 aromatic rings. The molecule has 2 aliphatic rings. The zero-order chi connectivity index (χ0) is 25.0. The zero-order valence-electron chi connectivity index (χ0n) is 21.1. The molecule has 0 bridgehead atoms. The van der Waals surface area contributed by atoms with Gasteiger partial charge in [0, 0.05) is 37.9 Å². The molecule has 1 fully saturated rings. The number of amides is 1. The number of carbonyl (C=O) groups is 1. The molecule has 1 N–H and O–H groups in total. The first-order valence-electron chi connectivity index (χ1n) is 12.6. The fourth-order valence-electron chi connectivity index (χ4n) is 5.45. The lowest BCUT2D eigenvalue weighted by molar-refractivity contribution is -0.122. The van der Waals surface area contributed by atoms with Crippen molar-refractivity contribution in [3.63, 3.8) is 0 Å². The van der Waals surface area contributed by atoms with E-state index in [4.69, 9.17) is 4.74 Å². The third-order valence-electron chi connectivity index (χ3n) is 7.15. The van der Waals surface area contributed by atoms with Gasteiger partial charge in [-0.15, -0.1) is 0 Å². The molecule has 9 heteroatoms. The number of rotatable bonds is 9. The molecule has 1 saturated heterocycles. The predicted octanol–water partition coefficient (Wildman–Crippen LogP) is 3.24. The van der Waals surface area contributed by atoms with Gasteiger partial charge in [0.2, 0.25) is 15.9 Å². The molecule has 35 heavy (non-hydrogen) atoms. The Bertz CT molecular complexity index is 1110. The summed E-state index contributed by atoms with van der Waals surface area (Å²) in [6, 6.07) is 6.78. The molecule has 8 nitrogen and oxygen atoms in total. The van der Waals surface area contributed by atoms with Gasteiger partial charge in [-0.1, -0.05) is 6.42 Å². The number of piperidine rings is 1. The van der Waals surface area contributed by atoms with Crippen molar-refractivity contribution in [2.24, 2.45) is 0 Å². The Labute approximate surface area is 209 Å². The summed E-state index contributed by atoms with van der Waals surface area (Å²) in [5.41, 5.74) is 2.14. The highest BCUT2D eigenvalue weighted by Crippen LogP contribution is 2.36. The van der Waals surface area contributed by atoms with Crippen LogP contribution < -0.4 is 10.1 Å². The molecular formula is C26H38N4O4S. The highest BCUT2D eigenvalue weighted by Gasteiger charge is 2.39. The van der Waals surface area contributed by atoms with Crippen molar-refractivity contribution in [3.05, 3.63) is 47.3 Å². The first-order chi connectivity index (χ1) is 16.8. The van der Waals surface area contributed by atoms with Crippen molar-refractivity contribution >= 4 is 15.9 Å². The number of likely N-dealkylation sites (tertiary alicyclic amines) is 1. The van der Waals surface area contributed by atoms with Gasteiger partial charge in [0.05, 0.1) is 18.0 Å². The molecule has 1 amide bonds. The van der Waals surface area contributed by atoms with Crippen molar-refractivity contribution in [1.82, 2.24) is 19.1 Å². The topological polar surface area (TPSA) is 83.9 Å². The van der Waals surface area contributed by atoms with Crippen molar-refractivity contribution < 1.29 is 17.9 Å². The lowest BCUT2D eigenvalue weighted by atomic mass is 10.1. The number of ether oxygens (including phenoxy) is 1. The number of benzene rings is 1. The normalized spacial score (nSPS) is 19.3. The summed E-state index contributed by atoms with van der Waals surface area (Å²) in [6.07, 6.45) is 6.77. The first-order valence-corrected chi connectivity index (χ1v) is 14.1. The van der Waals surface area contributed by atoms with Gasteiger partial charge < -0.3 is 19.5 Å². The first kappa shape index (κ1) is 25.7. The van der Waals surface area contributed by atoms with Crippen molar-refractivity contribution in [1.29, 1.82) is 0 Å². The van der Waals surface area contributed by atoms with Crippen LogP contribution in [0.1, 0.15) is 55.0 Å². The number of nitrogens with zero attached hydrogens (tertiary/aromatic N) is 3. The number of aryl methyl sites for hydroxylation is 2. The van der Waals surface area contributed by atoms with Crippen LogP contribution in [0.15, 0.2) is 35.4 Å². The number of hydrogen-bond donors (Lipinski definition) is 1. The molecule has 1 unspecified atom stereocenters. The second-order valence-corrected chi connectivity index (χ2v) is 11.5. The Morgan fingerprint density at radius 2 is 1.80 bits per heavy atom. The summed E-state index contributed by atoms with van der Waals surface area (Å²) >= 11 is 0. The molecule has 192 valence electrons. The molecule has 0 spiro atoms. The largest absolute Gasteiger partial charge is 0.497 e. The van der Waals surface area contributed by atoms with Crippen LogP contribution in [0.25, 0.3) is 0 Å². The number of aromatic nitrogens is 1. The van der Waals surface area contributed by atoms with Crippen LogP contribution in [-0.2, 0) is 21.4 Å². The minimum atomic E-state index is -3.83. The Kier molecular flexibility index (Phi) is 8.19. The second-order valence-electron chi connectivity index (χ2n) is 9.66. The highest BCUT2D eigenvalue weighted by molar-refractivity contribution is 7.89. The minimum absolute atomic E-state index is 0.0984. The maximum atomic E-state index is 13.9. The van der Waals surface area contributed by atoms with Gasteiger partial charge in [0.15, 0.2) is 0 Å². The second kappa shape index (κ2) is 11.1. The Morgan fingerprint density at radius 1 is 1.09 bits per heavy atom. The Hall–Kier alpha value is -2.36. The zero-order valence-corrected chi connectivity index (χ0v) is 21.9. The van der Waals surface area contributed by atoms with Crippen molar-refractivity contribution in [3.8, 4) is 5.75 Å². The van der Waals surface area contributed by atoms with Gasteiger partial charge in [-0.2, -0.15) is 4.31 Å². The van der Waals surface area contributed by atoms with E-state index in [9.17, 15) is 13.2 Å². The van der Waals surface area contributed by atoms with Crippen molar-refractivity contribution in [2.45, 2.75) is 63.4 Å². The maximum Gasteiger partial charge on any atom is 0.244 e. The molecule has 0 radical (unpaired) electrons. The SMILES string of the molecule is COc1cc(C)c(S(=O)(=O)N2CCn3cccc3C2CC(=O)NCCCN2CCCCC2)c(C)c1. The Morgan fingerprint density at radius 3 is 2.49 bits per heavy atom. The van der Waals surface area contributed by atoms with E-state index in [1.807, 2.05) is 22.9 Å². The van der Waals surface area contributed by atoms with Crippen LogP contribution in [-0.4, -0.2) is 67.9 Å². The van der Waals surface area contributed by atoms with E-state index in [2.05, 4.69) is 10.2 Å². The molecule has 1 aromatic carbocycles. The smallest absolute Gasteiger partial charge is 0.244 e. The minimum Gasteiger partial charge on any atom is -0.497 e. The van der Waals surface area contributed by atoms with Gasteiger partial charge in [-0.3, -0.25) is 4.79 Å². The van der Waals surface area contributed by atoms with E-state index in [0.29, 0.717) is 41.4 Å². The number of nitrogens with one attached hydrogen (secondary N) is 1. The number of carbonyl (C=O) groups excluding carboxylic acids is 1. The standard InChI is InChI=1S/C26H38N4O4S/c1-20-17-22(34-3)18-21(2)26(20)35(32,33)30-16-15-29-14-7-9-23(29)24(30)19-25(31)27-10-8-13-28-11-5-4-6-12-28/h7,9,14,17-18,24H,4-6,8,10-13,15-16,19H2,1-3H3,(H,27,31). The summed E-state index contributed by atoms with van der Waals surface area (Å²) in [5, 5.41) is 3.03. The average Bonchev–Trinajstić information content (AvgIpc) is 3.31. The van der Waals surface area contributed by atoms with E-state index in [0.717, 1.165) is 31.7 Å². The fraction of sp³-hybridized carbons (Fsp3) is 0.577. The van der Waals surface area contributed by atoms with E-state index in [1.54, 1.807) is 33.1 Å².